The van der Waals surface area contributed by atoms with E-state index in [1.165, 1.54) is 43.5 Å². The van der Waals surface area contributed by atoms with Crippen molar-refractivity contribution in [2.24, 2.45) is 0 Å². The van der Waals surface area contributed by atoms with Crippen LogP contribution >= 0.6 is 0 Å². The standard InChI is InChI=1S/C16H27N3O/c1-2-18-16(11-20)9-5-6-13(10-16)19-12-17-14-7-3-4-8-15(14)19/h12-13,18,20H,2-11H2,1H3. The summed E-state index contributed by atoms with van der Waals surface area (Å²) in [6, 6.07) is 0.504. The lowest BCUT2D eigenvalue weighted by Crippen LogP contribution is -2.51. The zero-order chi connectivity index (χ0) is 14.0. The van der Waals surface area contributed by atoms with E-state index in [0.717, 1.165) is 25.8 Å². The molecule has 1 aromatic rings. The van der Waals surface area contributed by atoms with Gasteiger partial charge in [-0.05, 0) is 57.9 Å². The summed E-state index contributed by atoms with van der Waals surface area (Å²) in [5.41, 5.74) is 2.70. The molecule has 2 aliphatic carbocycles. The summed E-state index contributed by atoms with van der Waals surface area (Å²) in [6.45, 7) is 3.30. The molecule has 1 fully saturated rings. The number of aliphatic hydroxyl groups excluding tert-OH is 1. The van der Waals surface area contributed by atoms with Crippen molar-refractivity contribution in [1.29, 1.82) is 0 Å². The number of nitrogens with zero attached hydrogens (tertiary/aromatic N) is 2. The normalized spacial score (nSPS) is 30.2. The monoisotopic (exact) mass is 277 g/mol. The molecule has 2 aliphatic rings. The van der Waals surface area contributed by atoms with Crippen LogP contribution in [0.4, 0.5) is 0 Å². The van der Waals surface area contributed by atoms with Crippen LogP contribution in [-0.4, -0.2) is 33.3 Å². The molecule has 1 heterocycles. The Balaban J connectivity index is 1.81. The molecule has 0 amide bonds. The average molecular weight is 277 g/mol. The second kappa shape index (κ2) is 5.86. The van der Waals surface area contributed by atoms with Gasteiger partial charge in [0.05, 0.1) is 18.6 Å². The first-order valence-electron chi connectivity index (χ1n) is 8.18. The first-order valence-corrected chi connectivity index (χ1v) is 8.18. The van der Waals surface area contributed by atoms with Crippen LogP contribution in [0.15, 0.2) is 6.33 Å². The lowest BCUT2D eigenvalue weighted by molar-refractivity contribution is 0.0985. The lowest BCUT2D eigenvalue weighted by atomic mass is 9.79. The van der Waals surface area contributed by atoms with E-state index in [-0.39, 0.29) is 12.1 Å². The second-order valence-electron chi connectivity index (χ2n) is 6.47. The molecule has 3 rings (SSSR count). The minimum atomic E-state index is -0.0799. The maximum atomic E-state index is 9.84. The third-order valence-corrected chi connectivity index (χ3v) is 5.13. The summed E-state index contributed by atoms with van der Waals surface area (Å²) < 4.78 is 2.43. The number of imidazole rings is 1. The number of rotatable bonds is 4. The topological polar surface area (TPSA) is 50.1 Å². The molecule has 2 N–H and O–H groups in total. The first kappa shape index (κ1) is 14.1. The molecular formula is C16H27N3O. The minimum absolute atomic E-state index is 0.0799. The van der Waals surface area contributed by atoms with Crippen molar-refractivity contribution in [3.05, 3.63) is 17.7 Å². The van der Waals surface area contributed by atoms with E-state index >= 15 is 0 Å². The Hall–Kier alpha value is -0.870. The van der Waals surface area contributed by atoms with Gasteiger partial charge < -0.3 is 15.0 Å². The smallest absolute Gasteiger partial charge is 0.0954 e. The lowest BCUT2D eigenvalue weighted by Gasteiger charge is -2.41. The second-order valence-corrected chi connectivity index (χ2v) is 6.47. The van der Waals surface area contributed by atoms with Crippen molar-refractivity contribution in [3.8, 4) is 0 Å². The SMILES string of the molecule is CCNC1(CO)CCCC(n2cnc3c2CCCC3)C1. The van der Waals surface area contributed by atoms with Gasteiger partial charge in [0, 0.05) is 17.3 Å². The van der Waals surface area contributed by atoms with E-state index in [4.69, 9.17) is 0 Å². The summed E-state index contributed by atoms with van der Waals surface area (Å²) in [6.07, 6.45) is 11.5. The average Bonchev–Trinajstić information content (AvgIpc) is 2.92. The molecule has 20 heavy (non-hydrogen) atoms. The first-order chi connectivity index (χ1) is 9.78. The number of aryl methyl sites for hydroxylation is 1. The Morgan fingerprint density at radius 2 is 2.25 bits per heavy atom. The Labute approximate surface area is 121 Å². The van der Waals surface area contributed by atoms with Gasteiger partial charge in [0.25, 0.3) is 0 Å². The van der Waals surface area contributed by atoms with E-state index in [0.29, 0.717) is 6.04 Å². The summed E-state index contributed by atoms with van der Waals surface area (Å²) >= 11 is 0. The number of aliphatic hydroxyl groups is 1. The van der Waals surface area contributed by atoms with Crippen LogP contribution in [0.5, 0.6) is 0 Å². The highest BCUT2D eigenvalue weighted by atomic mass is 16.3. The molecular weight excluding hydrogens is 250 g/mol. The molecule has 4 heteroatoms. The molecule has 0 aliphatic heterocycles. The fourth-order valence-electron chi connectivity index (χ4n) is 4.11. The molecule has 2 unspecified atom stereocenters. The van der Waals surface area contributed by atoms with Crippen LogP contribution < -0.4 is 5.32 Å². The van der Waals surface area contributed by atoms with E-state index in [1.807, 2.05) is 0 Å². The largest absolute Gasteiger partial charge is 0.394 e. The van der Waals surface area contributed by atoms with Crippen molar-refractivity contribution in [2.75, 3.05) is 13.2 Å². The molecule has 1 aromatic heterocycles. The molecule has 0 spiro atoms. The molecule has 0 bridgehead atoms. The zero-order valence-electron chi connectivity index (χ0n) is 12.6. The Kier molecular flexibility index (Phi) is 4.13. The van der Waals surface area contributed by atoms with E-state index in [1.54, 1.807) is 0 Å². The van der Waals surface area contributed by atoms with E-state index in [9.17, 15) is 5.11 Å². The number of hydrogen-bond donors (Lipinski definition) is 2. The summed E-state index contributed by atoms with van der Waals surface area (Å²) in [5, 5.41) is 13.4. The highest BCUT2D eigenvalue weighted by molar-refractivity contribution is 5.18. The number of hydrogen-bond acceptors (Lipinski definition) is 3. The molecule has 0 saturated heterocycles. The number of aromatic nitrogens is 2. The van der Waals surface area contributed by atoms with Gasteiger partial charge in [-0.25, -0.2) is 4.98 Å². The van der Waals surface area contributed by atoms with Crippen molar-refractivity contribution in [2.45, 2.75) is 69.9 Å². The third kappa shape index (κ3) is 2.51. The highest BCUT2D eigenvalue weighted by Crippen LogP contribution is 2.37. The maximum absolute atomic E-state index is 9.84. The van der Waals surface area contributed by atoms with Gasteiger partial charge in [-0.3, -0.25) is 0 Å². The van der Waals surface area contributed by atoms with Crippen LogP contribution in [-0.2, 0) is 12.8 Å². The molecule has 1 saturated carbocycles. The Morgan fingerprint density at radius 1 is 1.40 bits per heavy atom. The highest BCUT2D eigenvalue weighted by Gasteiger charge is 2.36. The maximum Gasteiger partial charge on any atom is 0.0954 e. The van der Waals surface area contributed by atoms with Gasteiger partial charge in [0.15, 0.2) is 0 Å². The molecule has 4 nitrogen and oxygen atoms in total. The fourth-order valence-corrected chi connectivity index (χ4v) is 4.11. The number of nitrogens with one attached hydrogen (secondary N) is 1. The predicted octanol–water partition coefficient (Wildman–Crippen LogP) is 2.22. The van der Waals surface area contributed by atoms with E-state index < -0.39 is 0 Å². The number of fused-ring (bicyclic) bond motifs is 1. The van der Waals surface area contributed by atoms with Crippen molar-refractivity contribution < 1.29 is 5.11 Å². The van der Waals surface area contributed by atoms with Gasteiger partial charge in [-0.15, -0.1) is 0 Å². The third-order valence-electron chi connectivity index (χ3n) is 5.13. The van der Waals surface area contributed by atoms with Gasteiger partial charge in [0.1, 0.15) is 0 Å². The van der Waals surface area contributed by atoms with Crippen molar-refractivity contribution in [1.82, 2.24) is 14.9 Å². The minimum Gasteiger partial charge on any atom is -0.394 e. The zero-order valence-corrected chi connectivity index (χ0v) is 12.6. The quantitative estimate of drug-likeness (QED) is 0.887. The van der Waals surface area contributed by atoms with Crippen LogP contribution in [0.2, 0.25) is 0 Å². The predicted molar refractivity (Wildman–Crippen MR) is 79.9 cm³/mol. The summed E-state index contributed by atoms with van der Waals surface area (Å²) in [7, 11) is 0. The van der Waals surface area contributed by atoms with Gasteiger partial charge >= 0.3 is 0 Å². The molecule has 2 atom stereocenters. The van der Waals surface area contributed by atoms with Crippen LogP contribution in [0.1, 0.15) is 62.9 Å². The van der Waals surface area contributed by atoms with Crippen molar-refractivity contribution in [3.63, 3.8) is 0 Å². The summed E-state index contributed by atoms with van der Waals surface area (Å²) in [5.74, 6) is 0. The van der Waals surface area contributed by atoms with Gasteiger partial charge in [-0.1, -0.05) is 6.92 Å². The van der Waals surface area contributed by atoms with E-state index in [2.05, 4.69) is 28.1 Å². The van der Waals surface area contributed by atoms with Crippen molar-refractivity contribution >= 4 is 0 Å². The van der Waals surface area contributed by atoms with Crippen LogP contribution in [0, 0.1) is 0 Å². The molecule has 112 valence electrons. The van der Waals surface area contributed by atoms with Gasteiger partial charge in [0.2, 0.25) is 0 Å². The van der Waals surface area contributed by atoms with Crippen LogP contribution in [0.3, 0.4) is 0 Å². The van der Waals surface area contributed by atoms with Gasteiger partial charge in [-0.2, -0.15) is 0 Å². The molecule has 0 aromatic carbocycles. The Morgan fingerprint density at radius 3 is 3.05 bits per heavy atom. The van der Waals surface area contributed by atoms with Crippen LogP contribution in [0.25, 0.3) is 0 Å². The fraction of sp³-hybridized carbons (Fsp3) is 0.812. The summed E-state index contributed by atoms with van der Waals surface area (Å²) in [4.78, 5) is 4.63. The Bertz CT molecular complexity index is 453. The number of likely N-dealkylation sites (N-methyl/N-ethyl adjacent to an activating group) is 1. The molecule has 0 radical (unpaired) electrons.